The molecule has 0 heterocycles. The Morgan fingerprint density at radius 3 is 2.74 bits per heavy atom. The van der Waals surface area contributed by atoms with E-state index in [2.05, 4.69) is 11.6 Å². The van der Waals surface area contributed by atoms with Crippen molar-refractivity contribution in [3.05, 3.63) is 33.9 Å². The Morgan fingerprint density at radius 2 is 2.26 bits per heavy atom. The molecule has 1 aliphatic carbocycles. The zero-order chi connectivity index (χ0) is 13.9. The van der Waals surface area contributed by atoms with Gasteiger partial charge in [0.15, 0.2) is 0 Å². The molecule has 6 heteroatoms. The normalized spacial score (nSPS) is 16.5. The first-order valence-electron chi connectivity index (χ1n) is 6.13. The molecular weight excluding hydrogens is 264 g/mol. The van der Waals surface area contributed by atoms with Gasteiger partial charge in [-0.25, -0.2) is 0 Å². The molecule has 0 spiro atoms. The zero-order valence-electron chi connectivity index (χ0n) is 10.7. The van der Waals surface area contributed by atoms with Crippen LogP contribution >= 0.6 is 11.8 Å². The number of rotatable bonds is 6. The van der Waals surface area contributed by atoms with Gasteiger partial charge in [-0.2, -0.15) is 11.8 Å². The molecule has 0 saturated heterocycles. The standard InChI is InChI=1S/C13H16N2O3S/c1-19-13(5-2-6-13)9-14-11-4-3-10(8-16)7-12(11)15(17)18/h3-4,7-8,14H,2,5-6,9H2,1H3. The molecule has 0 aromatic heterocycles. The average Bonchev–Trinajstić information content (AvgIpc) is 2.38. The van der Waals surface area contributed by atoms with Gasteiger partial charge in [0.2, 0.25) is 0 Å². The number of thioether (sulfide) groups is 1. The first kappa shape index (κ1) is 13.9. The Balaban J connectivity index is 2.15. The quantitative estimate of drug-likeness (QED) is 0.492. The smallest absolute Gasteiger partial charge is 0.293 e. The maximum absolute atomic E-state index is 11.0. The summed E-state index contributed by atoms with van der Waals surface area (Å²) < 4.78 is 0.206. The van der Waals surface area contributed by atoms with E-state index in [4.69, 9.17) is 0 Å². The summed E-state index contributed by atoms with van der Waals surface area (Å²) in [7, 11) is 0. The number of hydrogen-bond acceptors (Lipinski definition) is 5. The first-order chi connectivity index (χ1) is 9.10. The van der Waals surface area contributed by atoms with E-state index in [9.17, 15) is 14.9 Å². The molecule has 0 radical (unpaired) electrons. The molecule has 1 saturated carbocycles. The number of nitro benzene ring substituents is 1. The fraction of sp³-hybridized carbons (Fsp3) is 0.462. The molecule has 0 bridgehead atoms. The molecule has 1 aliphatic rings. The largest absolute Gasteiger partial charge is 0.378 e. The van der Waals surface area contributed by atoms with Gasteiger partial charge in [0.1, 0.15) is 12.0 Å². The fourth-order valence-corrected chi connectivity index (χ4v) is 3.12. The van der Waals surface area contributed by atoms with E-state index in [0.717, 1.165) is 19.4 Å². The van der Waals surface area contributed by atoms with Crippen LogP contribution in [0.1, 0.15) is 29.6 Å². The number of carbonyl (C=O) groups is 1. The van der Waals surface area contributed by atoms with Crippen LogP contribution in [0.4, 0.5) is 11.4 Å². The van der Waals surface area contributed by atoms with Crippen molar-refractivity contribution in [2.24, 2.45) is 0 Å². The highest BCUT2D eigenvalue weighted by atomic mass is 32.2. The Bertz CT molecular complexity index is 495. The summed E-state index contributed by atoms with van der Waals surface area (Å²) in [6.07, 6.45) is 6.19. The summed E-state index contributed by atoms with van der Waals surface area (Å²) in [5.41, 5.74) is 0.761. The van der Waals surface area contributed by atoms with Crippen LogP contribution in [-0.4, -0.2) is 28.8 Å². The lowest BCUT2D eigenvalue weighted by atomic mass is 9.84. The van der Waals surface area contributed by atoms with Crippen LogP contribution in [0.3, 0.4) is 0 Å². The molecule has 1 aromatic rings. The third-order valence-corrected chi connectivity index (χ3v) is 5.07. The van der Waals surface area contributed by atoms with Crippen molar-refractivity contribution in [1.29, 1.82) is 0 Å². The van der Waals surface area contributed by atoms with Gasteiger partial charge in [0.25, 0.3) is 5.69 Å². The lowest BCUT2D eigenvalue weighted by molar-refractivity contribution is -0.384. The summed E-state index contributed by atoms with van der Waals surface area (Å²) in [6, 6.07) is 4.51. The van der Waals surface area contributed by atoms with Crippen LogP contribution in [0.25, 0.3) is 0 Å². The van der Waals surface area contributed by atoms with Crippen molar-refractivity contribution < 1.29 is 9.72 Å². The third kappa shape index (κ3) is 2.89. The summed E-state index contributed by atoms with van der Waals surface area (Å²) in [5.74, 6) is 0. The molecule has 0 aliphatic heterocycles. The van der Waals surface area contributed by atoms with Crippen LogP contribution in [-0.2, 0) is 0 Å². The van der Waals surface area contributed by atoms with Crippen molar-refractivity contribution in [2.75, 3.05) is 18.1 Å². The van der Waals surface area contributed by atoms with Gasteiger partial charge in [-0.05, 0) is 31.2 Å². The van der Waals surface area contributed by atoms with E-state index < -0.39 is 4.92 Å². The molecule has 5 nitrogen and oxygen atoms in total. The third-order valence-electron chi connectivity index (χ3n) is 3.65. The highest BCUT2D eigenvalue weighted by Crippen LogP contribution is 2.43. The topological polar surface area (TPSA) is 72.2 Å². The van der Waals surface area contributed by atoms with Crippen molar-refractivity contribution in [3.63, 3.8) is 0 Å². The minimum Gasteiger partial charge on any atom is -0.378 e. The Hall–Kier alpha value is -1.56. The van der Waals surface area contributed by atoms with Crippen molar-refractivity contribution in [2.45, 2.75) is 24.0 Å². The zero-order valence-corrected chi connectivity index (χ0v) is 11.5. The number of carbonyl (C=O) groups excluding carboxylic acids is 1. The SMILES string of the molecule is CSC1(CNc2ccc(C=O)cc2[N+](=O)[O-])CCC1. The molecule has 0 unspecified atom stereocenters. The first-order valence-corrected chi connectivity index (χ1v) is 7.35. The second kappa shape index (κ2) is 5.61. The molecule has 102 valence electrons. The molecule has 1 N–H and O–H groups in total. The maximum atomic E-state index is 11.0. The summed E-state index contributed by atoms with van der Waals surface area (Å²) in [4.78, 5) is 21.2. The van der Waals surface area contributed by atoms with Gasteiger partial charge in [-0.3, -0.25) is 14.9 Å². The lowest BCUT2D eigenvalue weighted by Crippen LogP contribution is -2.40. The molecular formula is C13H16N2O3S. The van der Waals surface area contributed by atoms with E-state index in [0.29, 0.717) is 17.5 Å². The highest BCUT2D eigenvalue weighted by Gasteiger charge is 2.36. The predicted molar refractivity (Wildman–Crippen MR) is 77.1 cm³/mol. The van der Waals surface area contributed by atoms with Gasteiger partial charge in [-0.15, -0.1) is 0 Å². The molecule has 1 fully saturated rings. The van der Waals surface area contributed by atoms with Crippen LogP contribution in [0, 0.1) is 10.1 Å². The number of nitrogens with one attached hydrogen (secondary N) is 1. The van der Waals surface area contributed by atoms with E-state index in [1.807, 2.05) is 11.8 Å². The molecule has 2 rings (SSSR count). The van der Waals surface area contributed by atoms with Crippen molar-refractivity contribution in [1.82, 2.24) is 0 Å². The number of nitro groups is 1. The van der Waals surface area contributed by atoms with Crippen LogP contribution in [0.2, 0.25) is 0 Å². The van der Waals surface area contributed by atoms with Gasteiger partial charge >= 0.3 is 0 Å². The van der Waals surface area contributed by atoms with E-state index >= 15 is 0 Å². The predicted octanol–water partition coefficient (Wildman–Crippen LogP) is 3.10. The summed E-state index contributed by atoms with van der Waals surface area (Å²) in [6.45, 7) is 0.718. The maximum Gasteiger partial charge on any atom is 0.293 e. The van der Waals surface area contributed by atoms with E-state index in [1.165, 1.54) is 12.5 Å². The van der Waals surface area contributed by atoms with Crippen LogP contribution in [0.5, 0.6) is 0 Å². The van der Waals surface area contributed by atoms with E-state index in [1.54, 1.807) is 12.1 Å². The number of hydrogen-bond donors (Lipinski definition) is 1. The molecule has 0 atom stereocenters. The van der Waals surface area contributed by atoms with Crippen molar-refractivity contribution >= 4 is 29.4 Å². The number of benzene rings is 1. The molecule has 0 amide bonds. The van der Waals surface area contributed by atoms with Gasteiger partial charge < -0.3 is 5.32 Å². The Labute approximate surface area is 115 Å². The van der Waals surface area contributed by atoms with Crippen molar-refractivity contribution in [3.8, 4) is 0 Å². The monoisotopic (exact) mass is 280 g/mol. The van der Waals surface area contributed by atoms with Crippen LogP contribution < -0.4 is 5.32 Å². The second-order valence-corrected chi connectivity index (χ2v) is 6.02. The number of aldehydes is 1. The van der Waals surface area contributed by atoms with Crippen LogP contribution in [0.15, 0.2) is 18.2 Å². The minimum atomic E-state index is -0.456. The minimum absolute atomic E-state index is 0.0415. The molecule has 1 aromatic carbocycles. The van der Waals surface area contributed by atoms with Gasteiger partial charge in [-0.1, -0.05) is 6.42 Å². The number of anilines is 1. The van der Waals surface area contributed by atoms with Gasteiger partial charge in [0.05, 0.1) is 4.92 Å². The second-order valence-electron chi connectivity index (χ2n) is 4.75. The summed E-state index contributed by atoms with van der Waals surface area (Å²) >= 11 is 1.81. The Morgan fingerprint density at radius 1 is 1.53 bits per heavy atom. The van der Waals surface area contributed by atoms with Gasteiger partial charge in [0, 0.05) is 22.9 Å². The summed E-state index contributed by atoms with van der Waals surface area (Å²) in [5, 5.41) is 14.2. The number of nitrogens with zero attached hydrogens (tertiary/aromatic N) is 1. The molecule has 19 heavy (non-hydrogen) atoms. The highest BCUT2D eigenvalue weighted by molar-refractivity contribution is 8.00. The van der Waals surface area contributed by atoms with E-state index in [-0.39, 0.29) is 10.4 Å². The lowest BCUT2D eigenvalue weighted by Gasteiger charge is -2.40. The Kier molecular flexibility index (Phi) is 4.09. The fourth-order valence-electron chi connectivity index (χ4n) is 2.20. The average molecular weight is 280 g/mol.